The summed E-state index contributed by atoms with van der Waals surface area (Å²) in [4.78, 5) is 4.05. The van der Waals surface area contributed by atoms with E-state index in [1.165, 1.54) is 12.3 Å². The van der Waals surface area contributed by atoms with Crippen molar-refractivity contribution in [3.63, 3.8) is 0 Å². The van der Waals surface area contributed by atoms with E-state index in [-0.39, 0.29) is 24.8 Å². The van der Waals surface area contributed by atoms with Crippen LogP contribution >= 0.6 is 0 Å². The summed E-state index contributed by atoms with van der Waals surface area (Å²) >= 11 is 0. The van der Waals surface area contributed by atoms with Gasteiger partial charge in [0.1, 0.15) is 11.6 Å². The minimum Gasteiger partial charge on any atom is -0.395 e. The Morgan fingerprint density at radius 1 is 1.30 bits per heavy atom. The summed E-state index contributed by atoms with van der Waals surface area (Å²) in [6, 6.07) is 2.35. The molecule has 8 nitrogen and oxygen atoms in total. The van der Waals surface area contributed by atoms with Crippen molar-refractivity contribution in [1.29, 1.82) is 0 Å². The molecular weight excluding hydrogens is 416 g/mol. The van der Waals surface area contributed by atoms with Crippen LogP contribution in [0.5, 0.6) is 0 Å². The second-order valence-corrected chi connectivity index (χ2v) is 9.86. The number of nitrogens with two attached hydrogens (primary N) is 1. The SMILES string of the molecule is CS(=O)(=O)n1cc2c(n1)CN(C1CC(N)[C@@H](c3cc(F)ccc3F)N(CCO)C1)C2. The molecule has 164 valence electrons. The first-order valence-electron chi connectivity index (χ1n) is 9.75. The molecule has 4 rings (SSSR count). The minimum atomic E-state index is -3.43. The van der Waals surface area contributed by atoms with Gasteiger partial charge in [-0.2, -0.15) is 9.19 Å². The van der Waals surface area contributed by atoms with Gasteiger partial charge in [0.05, 0.1) is 24.6 Å². The summed E-state index contributed by atoms with van der Waals surface area (Å²) in [7, 11) is -3.43. The lowest BCUT2D eigenvalue weighted by atomic mass is 9.87. The monoisotopic (exact) mass is 441 g/mol. The van der Waals surface area contributed by atoms with Crippen molar-refractivity contribution in [1.82, 2.24) is 19.0 Å². The predicted molar refractivity (Wildman–Crippen MR) is 106 cm³/mol. The van der Waals surface area contributed by atoms with Gasteiger partial charge < -0.3 is 10.8 Å². The van der Waals surface area contributed by atoms with Crippen LogP contribution in [0.4, 0.5) is 8.78 Å². The number of rotatable bonds is 5. The normalized spacial score (nSPS) is 25.6. The van der Waals surface area contributed by atoms with E-state index in [4.69, 9.17) is 5.73 Å². The van der Waals surface area contributed by atoms with Crippen LogP contribution in [0.15, 0.2) is 24.4 Å². The van der Waals surface area contributed by atoms with Crippen molar-refractivity contribution in [2.75, 3.05) is 26.0 Å². The first kappa shape index (κ1) is 21.3. The lowest BCUT2D eigenvalue weighted by Gasteiger charge is -2.46. The molecule has 2 aliphatic heterocycles. The number of β-amino-alcohol motifs (C(OH)–C–C–N with tert-alkyl or cyclic N) is 1. The number of likely N-dealkylation sites (tertiary alicyclic amines) is 1. The van der Waals surface area contributed by atoms with Gasteiger partial charge in [0.25, 0.3) is 10.0 Å². The van der Waals surface area contributed by atoms with E-state index in [0.29, 0.717) is 31.7 Å². The average Bonchev–Trinajstić information content (AvgIpc) is 3.23. The maximum Gasteiger partial charge on any atom is 0.250 e. The first-order chi connectivity index (χ1) is 14.2. The summed E-state index contributed by atoms with van der Waals surface area (Å²) < 4.78 is 52.5. The summed E-state index contributed by atoms with van der Waals surface area (Å²) in [6.45, 7) is 1.69. The quantitative estimate of drug-likeness (QED) is 0.693. The zero-order chi connectivity index (χ0) is 21.6. The lowest BCUT2D eigenvalue weighted by molar-refractivity contribution is 0.0313. The van der Waals surface area contributed by atoms with Crippen LogP contribution in [0.1, 0.15) is 29.3 Å². The fraction of sp³-hybridized carbons (Fsp3) is 0.526. The highest BCUT2D eigenvalue weighted by Crippen LogP contribution is 2.35. The van der Waals surface area contributed by atoms with Gasteiger partial charge in [-0.1, -0.05) is 0 Å². The van der Waals surface area contributed by atoms with Crippen LogP contribution in [0.3, 0.4) is 0 Å². The number of piperidine rings is 1. The molecule has 1 saturated heterocycles. The topological polar surface area (TPSA) is 105 Å². The first-order valence-corrected chi connectivity index (χ1v) is 11.6. The molecule has 1 fully saturated rings. The second kappa shape index (κ2) is 7.97. The molecule has 3 atom stereocenters. The van der Waals surface area contributed by atoms with Crippen LogP contribution in [-0.2, 0) is 23.1 Å². The number of aromatic nitrogens is 2. The van der Waals surface area contributed by atoms with E-state index in [2.05, 4.69) is 10.00 Å². The molecule has 1 aromatic heterocycles. The zero-order valence-electron chi connectivity index (χ0n) is 16.6. The maximum absolute atomic E-state index is 14.4. The van der Waals surface area contributed by atoms with Gasteiger partial charge >= 0.3 is 0 Å². The van der Waals surface area contributed by atoms with E-state index in [1.54, 1.807) is 0 Å². The fourth-order valence-electron chi connectivity index (χ4n) is 4.54. The van der Waals surface area contributed by atoms with Crippen LogP contribution in [0, 0.1) is 11.6 Å². The molecule has 3 N–H and O–H groups in total. The standard InChI is InChI=1S/C19H25F2N5O3S/c1-30(28,29)26-9-12-8-25(11-18(12)23-26)14-7-17(22)19(24(10-14)4-5-27)15-6-13(20)2-3-16(15)21/h2-3,6,9,14,17,19,27H,4-5,7-8,10-11,22H2,1H3/t14?,17?,19-/m1/s1. The number of aliphatic hydroxyl groups excluding tert-OH is 1. The fourth-order valence-corrected chi connectivity index (χ4v) is 5.11. The van der Waals surface area contributed by atoms with Crippen LogP contribution < -0.4 is 5.73 Å². The molecule has 2 unspecified atom stereocenters. The number of hydrogen-bond donors (Lipinski definition) is 2. The number of hydrogen-bond acceptors (Lipinski definition) is 7. The molecule has 11 heteroatoms. The van der Waals surface area contributed by atoms with Gasteiger partial charge in [0.15, 0.2) is 0 Å². The largest absolute Gasteiger partial charge is 0.395 e. The Balaban J connectivity index is 1.54. The molecule has 2 aromatic rings. The third-order valence-corrected chi connectivity index (χ3v) is 6.76. The molecule has 0 saturated carbocycles. The van der Waals surface area contributed by atoms with Gasteiger partial charge in [-0.15, -0.1) is 0 Å². The van der Waals surface area contributed by atoms with Gasteiger partial charge in [-0.25, -0.2) is 17.2 Å². The third kappa shape index (κ3) is 4.00. The number of fused-ring (bicyclic) bond motifs is 1. The van der Waals surface area contributed by atoms with Gasteiger partial charge in [0.2, 0.25) is 0 Å². The Bertz CT molecular complexity index is 1020. The molecule has 0 aliphatic carbocycles. The lowest BCUT2D eigenvalue weighted by Crippen LogP contribution is -2.56. The van der Waals surface area contributed by atoms with E-state index < -0.39 is 33.7 Å². The van der Waals surface area contributed by atoms with Crippen molar-refractivity contribution in [2.24, 2.45) is 5.73 Å². The Morgan fingerprint density at radius 3 is 2.73 bits per heavy atom. The Morgan fingerprint density at radius 2 is 2.07 bits per heavy atom. The van der Waals surface area contributed by atoms with E-state index >= 15 is 0 Å². The molecule has 30 heavy (non-hydrogen) atoms. The van der Waals surface area contributed by atoms with E-state index in [0.717, 1.165) is 28.0 Å². The Kier molecular flexibility index (Phi) is 5.66. The summed E-state index contributed by atoms with van der Waals surface area (Å²) in [5.41, 5.74) is 8.19. The smallest absolute Gasteiger partial charge is 0.250 e. The Hall–Kier alpha value is -1.92. The molecule has 1 aromatic carbocycles. The average molecular weight is 442 g/mol. The number of aliphatic hydroxyl groups is 1. The molecule has 0 radical (unpaired) electrons. The van der Waals surface area contributed by atoms with Crippen molar-refractivity contribution < 1.29 is 22.3 Å². The highest BCUT2D eigenvalue weighted by Gasteiger charge is 2.40. The summed E-state index contributed by atoms with van der Waals surface area (Å²) in [5, 5.41) is 13.7. The molecule has 2 aliphatic rings. The second-order valence-electron chi connectivity index (χ2n) is 8.02. The molecule has 3 heterocycles. The van der Waals surface area contributed by atoms with Crippen LogP contribution in [-0.4, -0.2) is 70.5 Å². The molecule has 0 spiro atoms. The molecule has 0 bridgehead atoms. The van der Waals surface area contributed by atoms with Crippen LogP contribution in [0.25, 0.3) is 0 Å². The van der Waals surface area contributed by atoms with E-state index in [9.17, 15) is 22.3 Å². The van der Waals surface area contributed by atoms with Crippen LogP contribution in [0.2, 0.25) is 0 Å². The number of nitrogens with zero attached hydrogens (tertiary/aromatic N) is 4. The number of benzene rings is 1. The minimum absolute atomic E-state index is 0.0142. The molecular formula is C19H25F2N5O3S. The van der Waals surface area contributed by atoms with Crippen molar-refractivity contribution in [3.05, 3.63) is 52.9 Å². The van der Waals surface area contributed by atoms with Gasteiger partial charge in [0, 0.05) is 55.6 Å². The van der Waals surface area contributed by atoms with E-state index in [1.807, 2.05) is 4.90 Å². The molecule has 0 amide bonds. The third-order valence-electron chi connectivity index (χ3n) is 5.89. The maximum atomic E-state index is 14.4. The Labute approximate surface area is 173 Å². The summed E-state index contributed by atoms with van der Waals surface area (Å²) in [5.74, 6) is -1.05. The zero-order valence-corrected chi connectivity index (χ0v) is 17.4. The predicted octanol–water partition coefficient (Wildman–Crippen LogP) is 0.420. The van der Waals surface area contributed by atoms with Crippen molar-refractivity contribution >= 4 is 10.0 Å². The highest BCUT2D eigenvalue weighted by atomic mass is 32.2. The van der Waals surface area contributed by atoms with Gasteiger partial charge in [-0.05, 0) is 24.6 Å². The van der Waals surface area contributed by atoms with Crippen molar-refractivity contribution in [3.8, 4) is 0 Å². The van der Waals surface area contributed by atoms with Crippen molar-refractivity contribution in [2.45, 2.75) is 37.6 Å². The number of halogens is 2. The summed E-state index contributed by atoms with van der Waals surface area (Å²) in [6.07, 6.45) is 3.19. The van der Waals surface area contributed by atoms with Gasteiger partial charge in [-0.3, -0.25) is 9.80 Å². The highest BCUT2D eigenvalue weighted by molar-refractivity contribution is 7.89.